The molecule has 5 aromatic rings. The molecule has 0 fully saturated rings. The zero-order valence-corrected chi connectivity index (χ0v) is 22.9. The third kappa shape index (κ3) is 4.65. The molecule has 0 spiro atoms. The zero-order chi connectivity index (χ0) is 26.2. The van der Waals surface area contributed by atoms with Gasteiger partial charge in [-0.3, -0.25) is 4.31 Å². The second kappa shape index (κ2) is 10.2. The monoisotopic (exact) mass is 536 g/mol. The van der Waals surface area contributed by atoms with E-state index in [1.807, 2.05) is 6.07 Å². The lowest BCUT2D eigenvalue weighted by molar-refractivity contribution is 0.932. The third-order valence-corrected chi connectivity index (χ3v) is 10.4. The van der Waals surface area contributed by atoms with E-state index in [9.17, 15) is 0 Å². The Bertz CT molecular complexity index is 1770. The third-order valence-electron chi connectivity index (χ3n) is 6.98. The highest BCUT2D eigenvalue weighted by Gasteiger charge is 2.21. The number of hydrogen-bond donors (Lipinski definition) is 0. The van der Waals surface area contributed by atoms with Gasteiger partial charge in [0.25, 0.3) is 0 Å². The van der Waals surface area contributed by atoms with E-state index in [0.29, 0.717) is 0 Å². The molecule has 7 rings (SSSR count). The highest BCUT2D eigenvalue weighted by molar-refractivity contribution is 7.97. The molecule has 2 nitrogen and oxygen atoms in total. The van der Waals surface area contributed by atoms with Crippen molar-refractivity contribution in [3.05, 3.63) is 157 Å². The van der Waals surface area contributed by atoms with Gasteiger partial charge in [0.15, 0.2) is 0 Å². The molecule has 2 heterocycles. The van der Waals surface area contributed by atoms with E-state index in [2.05, 4.69) is 144 Å². The van der Waals surface area contributed by atoms with Gasteiger partial charge in [0.1, 0.15) is 5.84 Å². The molecular formula is C35H25N2PS. The molecule has 0 saturated carbocycles. The van der Waals surface area contributed by atoms with Crippen molar-refractivity contribution in [3.63, 3.8) is 0 Å². The number of nitrogens with zero attached hydrogens (tertiary/aromatic N) is 2. The molecule has 4 heteroatoms. The maximum absolute atomic E-state index is 4.79. The topological polar surface area (TPSA) is 15.6 Å². The van der Waals surface area contributed by atoms with E-state index in [0.717, 1.165) is 27.6 Å². The van der Waals surface area contributed by atoms with Crippen LogP contribution in [0.2, 0.25) is 0 Å². The van der Waals surface area contributed by atoms with E-state index in [1.165, 1.54) is 32.2 Å². The maximum Gasteiger partial charge on any atom is 0.143 e. The van der Waals surface area contributed by atoms with Crippen LogP contribution >= 0.6 is 19.9 Å². The number of rotatable bonds is 4. The molecule has 39 heavy (non-hydrogen) atoms. The Morgan fingerprint density at radius 1 is 0.641 bits per heavy atom. The Balaban J connectivity index is 1.24. The standard InChI is InChI=1S/C35H25N2PS/c1-25-33-14-8-9-15-34(33)39-37-24-29(19-21-35(37)36-25)27-16-17-28-23-32(20-18-26(28)22-27)38(30-10-4-2-5-11-30)31-12-6-3-7-13-31/h2-24H,1H2. The van der Waals surface area contributed by atoms with Gasteiger partial charge in [-0.1, -0.05) is 110 Å². The summed E-state index contributed by atoms with van der Waals surface area (Å²) in [5.74, 6) is 0.894. The second-order valence-corrected chi connectivity index (χ2v) is 12.7. The van der Waals surface area contributed by atoms with Crippen molar-refractivity contribution in [3.8, 4) is 0 Å². The second-order valence-electron chi connectivity index (χ2n) is 9.50. The predicted octanol–water partition coefficient (Wildman–Crippen LogP) is 7.90. The van der Waals surface area contributed by atoms with Crippen molar-refractivity contribution in [1.29, 1.82) is 0 Å². The predicted molar refractivity (Wildman–Crippen MR) is 170 cm³/mol. The van der Waals surface area contributed by atoms with Crippen molar-refractivity contribution < 1.29 is 0 Å². The quantitative estimate of drug-likeness (QED) is 0.171. The first kappa shape index (κ1) is 23.9. The molecule has 5 aromatic carbocycles. The van der Waals surface area contributed by atoms with Gasteiger partial charge in [-0.15, -0.1) is 0 Å². The van der Waals surface area contributed by atoms with Crippen LogP contribution in [0.5, 0.6) is 0 Å². The largest absolute Gasteiger partial charge is 0.271 e. The zero-order valence-electron chi connectivity index (χ0n) is 21.2. The summed E-state index contributed by atoms with van der Waals surface area (Å²) in [6, 6.07) is 43.8. The van der Waals surface area contributed by atoms with Crippen molar-refractivity contribution in [2.24, 2.45) is 4.99 Å². The SMILES string of the molecule is C=C1N=C2C=CC(c3ccc4cc(P(c5ccccc5)c5ccccc5)ccc4c3)=CN2Sc2ccccc21. The molecule has 0 bridgehead atoms. The minimum atomic E-state index is -0.628. The first-order chi connectivity index (χ1) is 19.2. The lowest BCUT2D eigenvalue weighted by atomic mass is 10.0. The van der Waals surface area contributed by atoms with Crippen LogP contribution in [-0.2, 0) is 0 Å². The van der Waals surface area contributed by atoms with Gasteiger partial charge in [-0.2, -0.15) is 0 Å². The first-order valence-corrected chi connectivity index (χ1v) is 15.0. The maximum atomic E-state index is 4.79. The molecular weight excluding hydrogens is 511 g/mol. The van der Waals surface area contributed by atoms with Crippen LogP contribution in [-0.4, -0.2) is 10.1 Å². The van der Waals surface area contributed by atoms with Crippen molar-refractivity contribution in [1.82, 2.24) is 4.31 Å². The van der Waals surface area contributed by atoms with Crippen molar-refractivity contribution in [2.75, 3.05) is 0 Å². The summed E-state index contributed by atoms with van der Waals surface area (Å²) >= 11 is 1.68. The van der Waals surface area contributed by atoms with Crippen LogP contribution in [0.3, 0.4) is 0 Å². The fourth-order valence-corrected chi connectivity index (χ4v) is 8.37. The minimum Gasteiger partial charge on any atom is -0.271 e. The molecule has 0 atom stereocenters. The number of benzene rings is 5. The number of hydrogen-bond acceptors (Lipinski definition) is 3. The molecule has 2 aliphatic heterocycles. The summed E-state index contributed by atoms with van der Waals surface area (Å²) in [5.41, 5.74) is 4.23. The fraction of sp³-hybridized carbons (Fsp3) is 0. The summed E-state index contributed by atoms with van der Waals surface area (Å²) < 4.78 is 2.15. The molecule has 0 radical (unpaired) electrons. The molecule has 0 aliphatic carbocycles. The first-order valence-electron chi connectivity index (χ1n) is 12.9. The molecule has 0 unspecified atom stereocenters. The van der Waals surface area contributed by atoms with Crippen molar-refractivity contribution >= 4 is 63.7 Å². The van der Waals surface area contributed by atoms with Crippen LogP contribution in [0.4, 0.5) is 0 Å². The van der Waals surface area contributed by atoms with E-state index in [4.69, 9.17) is 4.99 Å². The number of aliphatic imine (C=N–C) groups is 1. The van der Waals surface area contributed by atoms with Crippen LogP contribution in [0.15, 0.2) is 156 Å². The lowest BCUT2D eigenvalue weighted by Gasteiger charge is -2.22. The van der Waals surface area contributed by atoms with Gasteiger partial charge in [0.05, 0.1) is 5.70 Å². The van der Waals surface area contributed by atoms with Gasteiger partial charge in [-0.05, 0) is 88.0 Å². The van der Waals surface area contributed by atoms with E-state index in [-0.39, 0.29) is 0 Å². The average molecular weight is 537 g/mol. The van der Waals surface area contributed by atoms with E-state index >= 15 is 0 Å². The fourth-order valence-electron chi connectivity index (χ4n) is 5.05. The molecule has 0 aromatic heterocycles. The van der Waals surface area contributed by atoms with Gasteiger partial charge < -0.3 is 0 Å². The molecule has 2 aliphatic rings. The van der Waals surface area contributed by atoms with E-state index in [1.54, 1.807) is 11.9 Å². The van der Waals surface area contributed by atoms with Crippen LogP contribution < -0.4 is 15.9 Å². The Hall–Kier alpha value is -4.17. The lowest BCUT2D eigenvalue weighted by Crippen LogP contribution is -2.20. The molecule has 0 saturated heterocycles. The summed E-state index contributed by atoms with van der Waals surface area (Å²) in [6.45, 7) is 4.20. The molecule has 186 valence electrons. The van der Waals surface area contributed by atoms with Crippen molar-refractivity contribution in [2.45, 2.75) is 4.90 Å². The van der Waals surface area contributed by atoms with E-state index < -0.39 is 7.92 Å². The Morgan fingerprint density at radius 3 is 2.08 bits per heavy atom. The Kier molecular flexibility index (Phi) is 6.25. The summed E-state index contributed by atoms with van der Waals surface area (Å²) in [6.07, 6.45) is 6.41. The summed E-state index contributed by atoms with van der Waals surface area (Å²) in [5, 5.41) is 6.59. The highest BCUT2D eigenvalue weighted by Crippen LogP contribution is 2.38. The van der Waals surface area contributed by atoms with Gasteiger partial charge in [0, 0.05) is 16.7 Å². The smallest absolute Gasteiger partial charge is 0.143 e. The molecule has 0 N–H and O–H groups in total. The highest BCUT2D eigenvalue weighted by atomic mass is 32.2. The average Bonchev–Trinajstić information content (AvgIpc) is 3.13. The normalized spacial score (nSPS) is 14.5. The Labute approximate surface area is 234 Å². The minimum absolute atomic E-state index is 0.628. The molecule has 0 amide bonds. The van der Waals surface area contributed by atoms with Crippen LogP contribution in [0, 0.1) is 0 Å². The van der Waals surface area contributed by atoms with Crippen LogP contribution in [0.1, 0.15) is 11.1 Å². The van der Waals surface area contributed by atoms with Gasteiger partial charge >= 0.3 is 0 Å². The van der Waals surface area contributed by atoms with Crippen LogP contribution in [0.25, 0.3) is 22.0 Å². The Morgan fingerprint density at radius 2 is 1.31 bits per heavy atom. The summed E-state index contributed by atoms with van der Waals surface area (Å²) in [7, 11) is -0.628. The summed E-state index contributed by atoms with van der Waals surface area (Å²) in [4.78, 5) is 5.95. The number of amidine groups is 1. The number of allylic oxidation sites excluding steroid dienone is 2. The number of fused-ring (bicyclic) bond motifs is 3. The van der Waals surface area contributed by atoms with Gasteiger partial charge in [-0.25, -0.2) is 4.99 Å². The van der Waals surface area contributed by atoms with Gasteiger partial charge in [0.2, 0.25) is 0 Å².